The minimum Gasteiger partial charge on any atom is -0.379 e. The zero-order valence-corrected chi connectivity index (χ0v) is 16.8. The van der Waals surface area contributed by atoms with Crippen LogP contribution in [0.5, 0.6) is 0 Å². The van der Waals surface area contributed by atoms with Crippen molar-refractivity contribution in [2.24, 2.45) is 0 Å². The van der Waals surface area contributed by atoms with Gasteiger partial charge in [0.25, 0.3) is 0 Å². The molecule has 0 N–H and O–H groups in total. The van der Waals surface area contributed by atoms with Crippen LogP contribution >= 0.6 is 0 Å². The summed E-state index contributed by atoms with van der Waals surface area (Å²) in [4.78, 5) is 0. The van der Waals surface area contributed by atoms with Crippen molar-refractivity contribution in [3.8, 4) is 0 Å². The van der Waals surface area contributed by atoms with E-state index in [1.165, 1.54) is 32.1 Å². The summed E-state index contributed by atoms with van der Waals surface area (Å²) in [5.74, 6) is -0.631. The van der Waals surface area contributed by atoms with Gasteiger partial charge in [0.2, 0.25) is 0 Å². The van der Waals surface area contributed by atoms with E-state index in [1.54, 1.807) is 0 Å². The fourth-order valence-electron chi connectivity index (χ4n) is 3.95. The van der Waals surface area contributed by atoms with Gasteiger partial charge < -0.3 is 28.4 Å². The van der Waals surface area contributed by atoms with E-state index in [0.29, 0.717) is 6.61 Å². The molecule has 0 aromatic rings. The molecule has 0 aromatic heterocycles. The Labute approximate surface area is 157 Å². The average Bonchev–Trinajstić information content (AvgIpc) is 3.09. The van der Waals surface area contributed by atoms with Crippen molar-refractivity contribution in [2.45, 2.75) is 115 Å². The molecule has 6 nitrogen and oxygen atoms in total. The molecule has 3 aliphatic rings. The van der Waals surface area contributed by atoms with Gasteiger partial charge in [-0.3, -0.25) is 0 Å². The van der Waals surface area contributed by atoms with Gasteiger partial charge in [-0.15, -0.1) is 0 Å². The Morgan fingerprint density at radius 2 is 1.58 bits per heavy atom. The third kappa shape index (κ3) is 4.97. The summed E-state index contributed by atoms with van der Waals surface area (Å²) in [6, 6.07) is 0. The zero-order valence-electron chi connectivity index (χ0n) is 16.8. The van der Waals surface area contributed by atoms with Gasteiger partial charge in [-0.05, 0) is 26.7 Å². The lowest BCUT2D eigenvalue weighted by atomic mass is 10.0. The molecular weight excluding hydrogens is 336 g/mol. The molecule has 152 valence electrons. The summed E-state index contributed by atoms with van der Waals surface area (Å²) in [6.07, 6.45) is 7.03. The van der Waals surface area contributed by atoms with Gasteiger partial charge in [0.1, 0.15) is 24.4 Å². The molecule has 3 fully saturated rings. The fourth-order valence-corrected chi connectivity index (χ4v) is 3.95. The molecule has 6 heteroatoms. The summed E-state index contributed by atoms with van der Waals surface area (Å²) in [6.45, 7) is 9.40. The Hall–Kier alpha value is -0.240. The van der Waals surface area contributed by atoms with E-state index in [0.717, 1.165) is 19.4 Å². The molecule has 3 rings (SSSR count). The van der Waals surface area contributed by atoms with E-state index in [4.69, 9.17) is 28.4 Å². The maximum absolute atomic E-state index is 6.08. The molecule has 0 radical (unpaired) electrons. The van der Waals surface area contributed by atoms with E-state index in [2.05, 4.69) is 13.8 Å². The number of rotatable bonds is 10. The van der Waals surface area contributed by atoms with E-state index in [9.17, 15) is 0 Å². The second kappa shape index (κ2) is 9.30. The molecule has 3 heterocycles. The highest BCUT2D eigenvalue weighted by Gasteiger charge is 2.59. The first kappa shape index (κ1) is 20.5. The summed E-state index contributed by atoms with van der Waals surface area (Å²) >= 11 is 0. The highest BCUT2D eigenvalue weighted by atomic mass is 16.9. The van der Waals surface area contributed by atoms with Crippen LogP contribution in [0.15, 0.2) is 0 Å². The third-order valence-corrected chi connectivity index (χ3v) is 5.29. The molecule has 26 heavy (non-hydrogen) atoms. The van der Waals surface area contributed by atoms with E-state index < -0.39 is 5.79 Å². The molecule has 3 saturated heterocycles. The van der Waals surface area contributed by atoms with Crippen molar-refractivity contribution in [3.05, 3.63) is 0 Å². The van der Waals surface area contributed by atoms with Crippen LogP contribution in [0.3, 0.4) is 0 Å². The van der Waals surface area contributed by atoms with Crippen molar-refractivity contribution in [1.29, 1.82) is 0 Å². The predicted octanol–water partition coefficient (Wildman–Crippen LogP) is 3.76. The Bertz CT molecular complexity index is 429. The first-order valence-electron chi connectivity index (χ1n) is 10.4. The summed E-state index contributed by atoms with van der Waals surface area (Å²) < 4.78 is 35.9. The van der Waals surface area contributed by atoms with Gasteiger partial charge in [-0.2, -0.15) is 0 Å². The van der Waals surface area contributed by atoms with Gasteiger partial charge in [-0.1, -0.05) is 46.0 Å². The van der Waals surface area contributed by atoms with Crippen LogP contribution in [0.25, 0.3) is 0 Å². The lowest BCUT2D eigenvalue weighted by Gasteiger charge is -2.39. The molecule has 1 unspecified atom stereocenters. The first-order chi connectivity index (χ1) is 12.5. The SMILES string of the molecule is CCCCCCCCOC[C@H]1OC(CC)O[C@@H]2[C@H]3OC(C)(C)O[C@H]3O[C@@H]21. The third-order valence-electron chi connectivity index (χ3n) is 5.29. The molecule has 0 amide bonds. The molecule has 0 aliphatic carbocycles. The van der Waals surface area contributed by atoms with Crippen molar-refractivity contribution < 1.29 is 28.4 Å². The first-order valence-corrected chi connectivity index (χ1v) is 10.4. The number of ether oxygens (including phenoxy) is 6. The topological polar surface area (TPSA) is 55.4 Å². The number of hydrogen-bond donors (Lipinski definition) is 0. The Morgan fingerprint density at radius 1 is 0.808 bits per heavy atom. The molecule has 0 saturated carbocycles. The van der Waals surface area contributed by atoms with Gasteiger partial charge in [0.15, 0.2) is 18.4 Å². The van der Waals surface area contributed by atoms with Crippen LogP contribution in [-0.4, -0.2) is 56.0 Å². The Morgan fingerprint density at radius 3 is 2.35 bits per heavy atom. The van der Waals surface area contributed by atoms with Crippen LogP contribution in [0.4, 0.5) is 0 Å². The Balaban J connectivity index is 1.44. The Kier molecular flexibility index (Phi) is 7.33. The lowest BCUT2D eigenvalue weighted by molar-refractivity contribution is -0.311. The van der Waals surface area contributed by atoms with Crippen LogP contribution < -0.4 is 0 Å². The standard InChI is InChI=1S/C20H36O6/c1-5-7-8-9-10-11-12-21-13-14-16-17(23-15(6-2)22-14)18-19(24-16)26-20(3,4)25-18/h14-19H,5-13H2,1-4H3/t14-,15?,16-,17+,18-,19-/m1/s1. The average molecular weight is 373 g/mol. The molecule has 3 aliphatic heterocycles. The minimum atomic E-state index is -0.631. The van der Waals surface area contributed by atoms with E-state index in [-0.39, 0.29) is 37.0 Å². The molecule has 0 aromatic carbocycles. The second-order valence-electron chi connectivity index (χ2n) is 8.02. The zero-order chi connectivity index (χ0) is 18.6. The second-order valence-corrected chi connectivity index (χ2v) is 8.02. The monoisotopic (exact) mass is 372 g/mol. The van der Waals surface area contributed by atoms with Crippen LogP contribution in [-0.2, 0) is 28.4 Å². The highest BCUT2D eigenvalue weighted by molar-refractivity contribution is 4.99. The molecule has 0 spiro atoms. The maximum Gasteiger partial charge on any atom is 0.190 e. The maximum atomic E-state index is 6.08. The van der Waals surface area contributed by atoms with Gasteiger partial charge in [-0.25, -0.2) is 0 Å². The summed E-state index contributed by atoms with van der Waals surface area (Å²) in [7, 11) is 0. The number of unbranched alkanes of at least 4 members (excludes halogenated alkanes) is 5. The van der Waals surface area contributed by atoms with Crippen LogP contribution in [0.2, 0.25) is 0 Å². The minimum absolute atomic E-state index is 0.139. The van der Waals surface area contributed by atoms with Crippen molar-refractivity contribution in [1.82, 2.24) is 0 Å². The highest BCUT2D eigenvalue weighted by Crippen LogP contribution is 2.42. The van der Waals surface area contributed by atoms with Crippen molar-refractivity contribution >= 4 is 0 Å². The normalized spacial score (nSPS) is 38.3. The largest absolute Gasteiger partial charge is 0.379 e. The van der Waals surface area contributed by atoms with Gasteiger partial charge in [0.05, 0.1) is 6.61 Å². The van der Waals surface area contributed by atoms with E-state index >= 15 is 0 Å². The fraction of sp³-hybridized carbons (Fsp3) is 1.00. The van der Waals surface area contributed by atoms with Gasteiger partial charge >= 0.3 is 0 Å². The van der Waals surface area contributed by atoms with Crippen LogP contribution in [0.1, 0.15) is 72.6 Å². The van der Waals surface area contributed by atoms with Crippen molar-refractivity contribution in [2.75, 3.05) is 13.2 Å². The van der Waals surface area contributed by atoms with Crippen LogP contribution in [0, 0.1) is 0 Å². The van der Waals surface area contributed by atoms with Crippen molar-refractivity contribution in [3.63, 3.8) is 0 Å². The predicted molar refractivity (Wildman–Crippen MR) is 96.7 cm³/mol. The summed E-state index contributed by atoms with van der Waals surface area (Å²) in [5, 5.41) is 0. The number of hydrogen-bond acceptors (Lipinski definition) is 6. The molecule has 0 bridgehead atoms. The smallest absolute Gasteiger partial charge is 0.190 e. The lowest BCUT2D eigenvalue weighted by Crippen LogP contribution is -2.53. The summed E-state index contributed by atoms with van der Waals surface area (Å²) in [5.41, 5.74) is 0. The molecular formula is C20H36O6. The number of fused-ring (bicyclic) bond motifs is 3. The quantitative estimate of drug-likeness (QED) is 0.544. The van der Waals surface area contributed by atoms with Gasteiger partial charge in [0, 0.05) is 6.61 Å². The van der Waals surface area contributed by atoms with E-state index in [1.807, 2.05) is 13.8 Å². The molecule has 6 atom stereocenters.